The zero-order chi connectivity index (χ0) is 17.4. The number of nitrogens with one attached hydrogen (secondary N) is 2. The van der Waals surface area contributed by atoms with Gasteiger partial charge in [-0.25, -0.2) is 9.98 Å². The Morgan fingerprint density at radius 2 is 2.16 bits per heavy atom. The molecule has 0 atom stereocenters. The SMILES string of the molecule is CCNC(=NCc1ccc(C(N)=O)o1)NCCc1ncc(CC)s1.I. The highest BCUT2D eigenvalue weighted by Crippen LogP contribution is 2.13. The summed E-state index contributed by atoms with van der Waals surface area (Å²) in [5, 5.41) is 7.56. The summed E-state index contributed by atoms with van der Waals surface area (Å²) in [5.41, 5.74) is 5.17. The van der Waals surface area contributed by atoms with Crippen LogP contribution in [0.15, 0.2) is 27.7 Å². The van der Waals surface area contributed by atoms with Crippen molar-refractivity contribution >= 4 is 47.2 Å². The second-order valence-corrected chi connectivity index (χ2v) is 6.28. The summed E-state index contributed by atoms with van der Waals surface area (Å²) in [5.74, 6) is 0.856. The number of aryl methyl sites for hydroxylation is 1. The molecule has 0 fully saturated rings. The number of amides is 1. The fourth-order valence-corrected chi connectivity index (χ4v) is 2.87. The molecule has 0 aliphatic rings. The molecule has 0 aromatic carbocycles. The van der Waals surface area contributed by atoms with E-state index in [1.54, 1.807) is 23.5 Å². The predicted molar refractivity (Wildman–Crippen MR) is 111 cm³/mol. The van der Waals surface area contributed by atoms with Crippen LogP contribution in [0.4, 0.5) is 0 Å². The summed E-state index contributed by atoms with van der Waals surface area (Å²) in [6.45, 7) is 5.97. The maximum Gasteiger partial charge on any atom is 0.284 e. The first kappa shape index (κ1) is 21.4. The first-order chi connectivity index (χ1) is 11.6. The quantitative estimate of drug-likeness (QED) is 0.308. The van der Waals surface area contributed by atoms with Crippen molar-refractivity contribution in [1.82, 2.24) is 15.6 Å². The van der Waals surface area contributed by atoms with Crippen molar-refractivity contribution in [1.29, 1.82) is 0 Å². The molecule has 9 heteroatoms. The van der Waals surface area contributed by atoms with E-state index in [2.05, 4.69) is 27.5 Å². The van der Waals surface area contributed by atoms with Crippen LogP contribution in [0.1, 0.15) is 40.0 Å². The van der Waals surface area contributed by atoms with Gasteiger partial charge >= 0.3 is 0 Å². The summed E-state index contributed by atoms with van der Waals surface area (Å²) < 4.78 is 5.32. The van der Waals surface area contributed by atoms with Crippen molar-refractivity contribution in [2.45, 2.75) is 33.2 Å². The lowest BCUT2D eigenvalue weighted by Crippen LogP contribution is -2.38. The molecule has 4 N–H and O–H groups in total. The average Bonchev–Trinajstić information content (AvgIpc) is 3.22. The summed E-state index contributed by atoms with van der Waals surface area (Å²) in [6, 6.07) is 3.26. The molecule has 7 nitrogen and oxygen atoms in total. The summed E-state index contributed by atoms with van der Waals surface area (Å²) in [7, 11) is 0. The van der Waals surface area contributed by atoms with Gasteiger partial charge in [-0.15, -0.1) is 35.3 Å². The monoisotopic (exact) mass is 477 g/mol. The Morgan fingerprint density at radius 3 is 2.76 bits per heavy atom. The van der Waals surface area contributed by atoms with E-state index in [0.29, 0.717) is 18.3 Å². The Balaban J connectivity index is 0.00000312. The third-order valence-electron chi connectivity index (χ3n) is 3.22. The van der Waals surface area contributed by atoms with E-state index in [0.717, 1.165) is 30.9 Å². The third kappa shape index (κ3) is 7.02. The molecule has 2 aromatic rings. The minimum Gasteiger partial charge on any atom is -0.454 e. The third-order valence-corrected chi connectivity index (χ3v) is 4.42. The number of aromatic nitrogens is 1. The van der Waals surface area contributed by atoms with Gasteiger partial charge in [0.15, 0.2) is 11.7 Å². The number of furan rings is 1. The number of aliphatic imine (C=N–C) groups is 1. The topological polar surface area (TPSA) is 106 Å². The molecule has 0 saturated heterocycles. The smallest absolute Gasteiger partial charge is 0.284 e. The lowest BCUT2D eigenvalue weighted by Gasteiger charge is -2.10. The van der Waals surface area contributed by atoms with Crippen LogP contribution in [0.2, 0.25) is 0 Å². The summed E-state index contributed by atoms with van der Waals surface area (Å²) >= 11 is 1.74. The van der Waals surface area contributed by atoms with Crippen LogP contribution in [-0.2, 0) is 19.4 Å². The lowest BCUT2D eigenvalue weighted by atomic mass is 10.4. The van der Waals surface area contributed by atoms with Crippen LogP contribution in [0.5, 0.6) is 0 Å². The first-order valence-corrected chi connectivity index (χ1v) is 8.78. The number of nitrogens with two attached hydrogens (primary N) is 1. The number of nitrogens with zero attached hydrogens (tertiary/aromatic N) is 2. The number of guanidine groups is 1. The number of hydrogen-bond acceptors (Lipinski definition) is 5. The molecule has 1 amide bonds. The largest absolute Gasteiger partial charge is 0.454 e. The molecule has 0 radical (unpaired) electrons. The number of carbonyl (C=O) groups is 1. The Labute approximate surface area is 168 Å². The molecule has 2 rings (SSSR count). The van der Waals surface area contributed by atoms with Gasteiger partial charge in [-0.2, -0.15) is 0 Å². The number of thiazole rings is 1. The minimum atomic E-state index is -0.579. The van der Waals surface area contributed by atoms with Crippen molar-refractivity contribution in [3.63, 3.8) is 0 Å². The molecule has 0 spiro atoms. The van der Waals surface area contributed by atoms with E-state index < -0.39 is 5.91 Å². The van der Waals surface area contributed by atoms with Gasteiger partial charge in [-0.1, -0.05) is 6.92 Å². The molecule has 2 aromatic heterocycles. The van der Waals surface area contributed by atoms with Crippen LogP contribution in [-0.4, -0.2) is 29.9 Å². The molecule has 0 saturated carbocycles. The number of primary amides is 1. The molecular formula is C16H24IN5O2S. The summed E-state index contributed by atoms with van der Waals surface area (Å²) in [6.07, 6.45) is 3.81. The molecular weight excluding hydrogens is 453 g/mol. The molecule has 2 heterocycles. The maximum atomic E-state index is 11.0. The molecule has 0 aliphatic carbocycles. The Kier molecular flexibility index (Phi) is 9.50. The standard InChI is InChI=1S/C16H23N5O2S.HI/c1-3-12-10-20-14(24-12)7-8-19-16(18-4-2)21-9-11-5-6-13(23-11)15(17)22;/h5-6,10H,3-4,7-9H2,1-2H3,(H2,17,22)(H2,18,19,21);1H. The van der Waals surface area contributed by atoms with Gasteiger partial charge in [-0.05, 0) is 25.5 Å². The second kappa shape index (κ2) is 11.1. The van der Waals surface area contributed by atoms with Crippen LogP contribution < -0.4 is 16.4 Å². The highest BCUT2D eigenvalue weighted by Gasteiger charge is 2.07. The van der Waals surface area contributed by atoms with E-state index in [9.17, 15) is 4.79 Å². The van der Waals surface area contributed by atoms with Crippen LogP contribution in [0, 0.1) is 0 Å². The maximum absolute atomic E-state index is 11.0. The zero-order valence-electron chi connectivity index (χ0n) is 14.4. The van der Waals surface area contributed by atoms with Crippen molar-refractivity contribution in [2.75, 3.05) is 13.1 Å². The fourth-order valence-electron chi connectivity index (χ4n) is 2.01. The number of carbonyl (C=O) groups excluding carboxylic acids is 1. The Bertz CT molecular complexity index is 698. The van der Waals surface area contributed by atoms with Crippen molar-refractivity contribution in [2.24, 2.45) is 10.7 Å². The van der Waals surface area contributed by atoms with Gasteiger partial charge in [0.25, 0.3) is 5.91 Å². The highest BCUT2D eigenvalue weighted by atomic mass is 127. The molecule has 0 unspecified atom stereocenters. The lowest BCUT2D eigenvalue weighted by molar-refractivity contribution is 0.0972. The highest BCUT2D eigenvalue weighted by molar-refractivity contribution is 14.0. The van der Waals surface area contributed by atoms with Gasteiger partial charge in [0.05, 0.1) is 5.01 Å². The van der Waals surface area contributed by atoms with E-state index in [1.165, 1.54) is 4.88 Å². The Morgan fingerprint density at radius 1 is 1.36 bits per heavy atom. The van der Waals surface area contributed by atoms with Gasteiger partial charge < -0.3 is 20.8 Å². The molecule has 0 bridgehead atoms. The minimum absolute atomic E-state index is 0. The Hall–Kier alpha value is -1.62. The van der Waals surface area contributed by atoms with Crippen LogP contribution >= 0.6 is 35.3 Å². The molecule has 0 aliphatic heterocycles. The molecule has 25 heavy (non-hydrogen) atoms. The average molecular weight is 477 g/mol. The second-order valence-electron chi connectivity index (χ2n) is 5.08. The number of halogens is 1. The number of hydrogen-bond donors (Lipinski definition) is 3. The first-order valence-electron chi connectivity index (χ1n) is 7.96. The number of rotatable bonds is 8. The van der Waals surface area contributed by atoms with Gasteiger partial charge in [-0.3, -0.25) is 4.79 Å². The van der Waals surface area contributed by atoms with Crippen molar-refractivity contribution < 1.29 is 9.21 Å². The van der Waals surface area contributed by atoms with E-state index in [4.69, 9.17) is 10.2 Å². The van der Waals surface area contributed by atoms with Gasteiger partial charge in [0.1, 0.15) is 12.3 Å². The molecule has 138 valence electrons. The fraction of sp³-hybridized carbons (Fsp3) is 0.438. The zero-order valence-corrected chi connectivity index (χ0v) is 17.5. The van der Waals surface area contributed by atoms with E-state index in [-0.39, 0.29) is 29.7 Å². The van der Waals surface area contributed by atoms with E-state index >= 15 is 0 Å². The van der Waals surface area contributed by atoms with Gasteiger partial charge in [0.2, 0.25) is 0 Å². The summed E-state index contributed by atoms with van der Waals surface area (Å²) in [4.78, 5) is 21.2. The van der Waals surface area contributed by atoms with Crippen LogP contribution in [0.3, 0.4) is 0 Å². The van der Waals surface area contributed by atoms with Crippen molar-refractivity contribution in [3.8, 4) is 0 Å². The van der Waals surface area contributed by atoms with E-state index in [1.807, 2.05) is 13.1 Å². The normalized spacial score (nSPS) is 11.0. The van der Waals surface area contributed by atoms with Crippen molar-refractivity contribution in [3.05, 3.63) is 39.7 Å². The van der Waals surface area contributed by atoms with Gasteiger partial charge in [0, 0.05) is 30.6 Å². The predicted octanol–water partition coefficient (Wildman–Crippen LogP) is 2.31. The van der Waals surface area contributed by atoms with Crippen LogP contribution in [0.25, 0.3) is 0 Å².